The predicted molar refractivity (Wildman–Crippen MR) is 93.8 cm³/mol. The monoisotopic (exact) mass is 325 g/mol. The lowest BCUT2D eigenvalue weighted by atomic mass is 9.46. The second-order valence-electron chi connectivity index (χ2n) is 9.11. The Balaban J connectivity index is 1.56. The van der Waals surface area contributed by atoms with Gasteiger partial charge in [-0.3, -0.25) is 9.79 Å². The minimum Gasteiger partial charge on any atom is -0.393 e. The molecule has 7 atom stereocenters. The van der Waals surface area contributed by atoms with E-state index in [4.69, 9.17) is 4.99 Å². The number of aliphatic imine (C=N–C) groups is 1. The van der Waals surface area contributed by atoms with Gasteiger partial charge in [0.2, 0.25) is 0 Å². The van der Waals surface area contributed by atoms with Crippen molar-refractivity contribution >= 4 is 11.5 Å². The zero-order chi connectivity index (χ0) is 16.7. The fourth-order valence-corrected chi connectivity index (χ4v) is 7.42. The smallest absolute Gasteiger partial charge is 0.178 e. The Bertz CT molecular complexity index is 705. The van der Waals surface area contributed by atoms with Crippen LogP contribution in [0.4, 0.5) is 0 Å². The van der Waals surface area contributed by atoms with Gasteiger partial charge in [0.25, 0.3) is 0 Å². The molecule has 0 amide bonds. The molecule has 4 aliphatic carbocycles. The molecule has 3 fully saturated rings. The molecule has 1 spiro atoms. The van der Waals surface area contributed by atoms with E-state index in [9.17, 15) is 9.90 Å². The minimum atomic E-state index is -0.278. The second-order valence-corrected chi connectivity index (χ2v) is 9.11. The number of carbonyl (C=O) groups excluding carboxylic acids is 1. The van der Waals surface area contributed by atoms with Crippen LogP contribution in [-0.2, 0) is 4.79 Å². The van der Waals surface area contributed by atoms with Crippen molar-refractivity contribution in [3.8, 4) is 0 Å². The highest BCUT2D eigenvalue weighted by molar-refractivity contribution is 6.01. The van der Waals surface area contributed by atoms with Crippen molar-refractivity contribution in [2.45, 2.75) is 52.1 Å². The summed E-state index contributed by atoms with van der Waals surface area (Å²) in [5, 5.41) is 11.3. The molecule has 7 unspecified atom stereocenters. The summed E-state index contributed by atoms with van der Waals surface area (Å²) in [6.07, 6.45) is 11.0. The van der Waals surface area contributed by atoms with Gasteiger partial charge in [-0.1, -0.05) is 18.6 Å². The molecule has 1 N–H and O–H groups in total. The molecular weight excluding hydrogens is 298 g/mol. The molecule has 3 heteroatoms. The van der Waals surface area contributed by atoms with E-state index in [0.29, 0.717) is 17.8 Å². The lowest BCUT2D eigenvalue weighted by Gasteiger charge is -2.58. The number of hydrogen-bond donors (Lipinski definition) is 1. The molecule has 5 rings (SSSR count). The topological polar surface area (TPSA) is 49.7 Å². The van der Waals surface area contributed by atoms with E-state index < -0.39 is 0 Å². The molecule has 0 bridgehead atoms. The third kappa shape index (κ3) is 1.67. The van der Waals surface area contributed by atoms with Crippen molar-refractivity contribution in [3.05, 3.63) is 23.8 Å². The number of aliphatic hydroxyl groups is 1. The average Bonchev–Trinajstić information content (AvgIpc) is 3.05. The maximum Gasteiger partial charge on any atom is 0.178 e. The van der Waals surface area contributed by atoms with Gasteiger partial charge in [-0.25, -0.2) is 0 Å². The van der Waals surface area contributed by atoms with Crippen molar-refractivity contribution in [1.82, 2.24) is 0 Å². The maximum absolute atomic E-state index is 11.8. The summed E-state index contributed by atoms with van der Waals surface area (Å²) >= 11 is 0. The van der Waals surface area contributed by atoms with Crippen molar-refractivity contribution in [2.75, 3.05) is 6.54 Å². The third-order valence-corrected chi connectivity index (χ3v) is 8.35. The number of fused-ring (bicyclic) bond motifs is 4. The standard InChI is InChI=1S/C21H27NO2/c1-12-16-5-6-17-15-4-3-13-9-14(23)7-8-20(13,2)19(15)18(24)10-21(16,17)11-22-12/h7-9,15-19,24H,3-6,10-11H2,1-2H3. The number of hydrogen-bond acceptors (Lipinski definition) is 3. The lowest BCUT2D eigenvalue weighted by Crippen LogP contribution is -2.57. The molecule has 3 nitrogen and oxygen atoms in total. The largest absolute Gasteiger partial charge is 0.393 e. The van der Waals surface area contributed by atoms with Crippen molar-refractivity contribution in [1.29, 1.82) is 0 Å². The number of allylic oxidation sites excluding steroid dienone is 4. The summed E-state index contributed by atoms with van der Waals surface area (Å²) in [6, 6.07) is 0. The summed E-state index contributed by atoms with van der Waals surface area (Å²) in [7, 11) is 0. The molecule has 0 aromatic heterocycles. The van der Waals surface area contributed by atoms with Gasteiger partial charge in [0, 0.05) is 34.9 Å². The van der Waals surface area contributed by atoms with Crippen LogP contribution in [0, 0.1) is 34.5 Å². The molecule has 5 aliphatic rings. The number of nitrogens with zero attached hydrogens (tertiary/aromatic N) is 1. The molecular formula is C21H27NO2. The van der Waals surface area contributed by atoms with E-state index in [0.717, 1.165) is 25.8 Å². The van der Waals surface area contributed by atoms with Crippen LogP contribution in [0.1, 0.15) is 46.0 Å². The third-order valence-electron chi connectivity index (χ3n) is 8.35. The highest BCUT2D eigenvalue weighted by atomic mass is 16.3. The van der Waals surface area contributed by atoms with Crippen LogP contribution in [0.3, 0.4) is 0 Å². The van der Waals surface area contributed by atoms with Gasteiger partial charge in [0.05, 0.1) is 6.10 Å². The molecule has 0 aromatic carbocycles. The zero-order valence-electron chi connectivity index (χ0n) is 14.7. The van der Waals surface area contributed by atoms with Crippen LogP contribution in [0.25, 0.3) is 0 Å². The number of rotatable bonds is 0. The van der Waals surface area contributed by atoms with E-state index >= 15 is 0 Å². The minimum absolute atomic E-state index is 0.114. The van der Waals surface area contributed by atoms with Crippen LogP contribution in [0.2, 0.25) is 0 Å². The van der Waals surface area contributed by atoms with Gasteiger partial charge in [-0.2, -0.15) is 0 Å². The van der Waals surface area contributed by atoms with Gasteiger partial charge in [0.15, 0.2) is 5.78 Å². The first-order valence-electron chi connectivity index (χ1n) is 9.59. The van der Waals surface area contributed by atoms with E-state index in [2.05, 4.69) is 19.9 Å². The number of ketones is 1. The maximum atomic E-state index is 11.8. The highest BCUT2D eigenvalue weighted by Gasteiger charge is 2.64. The molecule has 3 saturated carbocycles. The summed E-state index contributed by atoms with van der Waals surface area (Å²) in [6.45, 7) is 5.38. The molecule has 128 valence electrons. The zero-order valence-corrected chi connectivity index (χ0v) is 14.7. The quantitative estimate of drug-likeness (QED) is 0.742. The fraction of sp³-hybridized carbons (Fsp3) is 0.714. The summed E-state index contributed by atoms with van der Waals surface area (Å²) in [4.78, 5) is 16.6. The molecule has 0 aromatic rings. The first-order chi connectivity index (χ1) is 11.5. The number of carbonyl (C=O) groups is 1. The van der Waals surface area contributed by atoms with Crippen LogP contribution >= 0.6 is 0 Å². The summed E-state index contributed by atoms with van der Waals surface area (Å²) in [5.74, 6) is 2.24. The van der Waals surface area contributed by atoms with Crippen molar-refractivity contribution in [3.63, 3.8) is 0 Å². The van der Waals surface area contributed by atoms with Crippen LogP contribution in [0.5, 0.6) is 0 Å². The van der Waals surface area contributed by atoms with Crippen LogP contribution < -0.4 is 0 Å². The van der Waals surface area contributed by atoms with E-state index in [-0.39, 0.29) is 28.6 Å². The van der Waals surface area contributed by atoms with Gasteiger partial charge in [-0.05, 0) is 63.0 Å². The Labute approximate surface area is 143 Å². The van der Waals surface area contributed by atoms with Crippen LogP contribution in [-0.4, -0.2) is 29.3 Å². The highest BCUT2D eigenvalue weighted by Crippen LogP contribution is 2.67. The van der Waals surface area contributed by atoms with Crippen molar-refractivity contribution < 1.29 is 9.90 Å². The Hall–Kier alpha value is -1.22. The summed E-state index contributed by atoms with van der Waals surface area (Å²) < 4.78 is 0. The SMILES string of the molecule is CC1=NCC23CC(O)C4C(CCC5=CC(=O)C=CC54C)C2CCC13. The Morgan fingerprint density at radius 1 is 1.29 bits per heavy atom. The van der Waals surface area contributed by atoms with Gasteiger partial charge >= 0.3 is 0 Å². The number of aliphatic hydroxyl groups excluding tert-OH is 1. The summed E-state index contributed by atoms with van der Waals surface area (Å²) in [5.41, 5.74) is 2.68. The first-order valence-corrected chi connectivity index (χ1v) is 9.59. The molecule has 0 saturated heterocycles. The van der Waals surface area contributed by atoms with E-state index in [1.807, 2.05) is 6.08 Å². The molecule has 1 aliphatic heterocycles. The van der Waals surface area contributed by atoms with Gasteiger partial charge in [-0.15, -0.1) is 0 Å². The normalized spacial score (nSPS) is 52.1. The molecule has 24 heavy (non-hydrogen) atoms. The first kappa shape index (κ1) is 15.1. The van der Waals surface area contributed by atoms with Gasteiger partial charge < -0.3 is 5.11 Å². The Kier molecular flexibility index (Phi) is 2.94. The van der Waals surface area contributed by atoms with E-state index in [1.165, 1.54) is 24.1 Å². The van der Waals surface area contributed by atoms with E-state index in [1.54, 1.807) is 6.08 Å². The predicted octanol–water partition coefficient (Wildman–Crippen LogP) is 3.34. The fourth-order valence-electron chi connectivity index (χ4n) is 7.42. The molecule has 1 heterocycles. The Morgan fingerprint density at radius 2 is 2.12 bits per heavy atom. The lowest BCUT2D eigenvalue weighted by molar-refractivity contribution is -0.115. The van der Waals surface area contributed by atoms with Crippen molar-refractivity contribution in [2.24, 2.45) is 39.5 Å². The van der Waals surface area contributed by atoms with Crippen LogP contribution in [0.15, 0.2) is 28.8 Å². The Morgan fingerprint density at radius 3 is 2.96 bits per heavy atom. The molecule has 0 radical (unpaired) electrons. The average molecular weight is 325 g/mol. The van der Waals surface area contributed by atoms with Gasteiger partial charge in [0.1, 0.15) is 0 Å². The second kappa shape index (κ2) is 4.69.